The monoisotopic (exact) mass is 358 g/mol. The standard InChI is InChI=1S/C22H22N4O/c1-14-7-6-9-18(16(14)3)24-21(27)19-13-15(2)23-22(25-19)26-12-11-17-8-4-5-10-20(17)26/h4-10,13H,11-12H2,1-3H3,(H,24,27). The molecule has 5 heteroatoms. The van der Waals surface area contributed by atoms with Crippen molar-refractivity contribution < 1.29 is 4.79 Å². The van der Waals surface area contributed by atoms with Crippen molar-refractivity contribution in [1.82, 2.24) is 9.97 Å². The number of nitrogens with zero attached hydrogens (tertiary/aromatic N) is 3. The number of hydrogen-bond donors (Lipinski definition) is 1. The second kappa shape index (κ2) is 6.83. The van der Waals surface area contributed by atoms with Crippen molar-refractivity contribution in [2.75, 3.05) is 16.8 Å². The number of amides is 1. The van der Waals surface area contributed by atoms with Gasteiger partial charge in [0, 0.05) is 23.6 Å². The molecule has 1 aliphatic heterocycles. The van der Waals surface area contributed by atoms with Crippen LogP contribution in [-0.4, -0.2) is 22.4 Å². The lowest BCUT2D eigenvalue weighted by molar-refractivity contribution is 0.102. The molecule has 2 aromatic carbocycles. The van der Waals surface area contributed by atoms with Crippen LogP contribution in [0.5, 0.6) is 0 Å². The molecule has 0 fully saturated rings. The molecule has 0 spiro atoms. The van der Waals surface area contributed by atoms with Crippen LogP contribution in [0.25, 0.3) is 0 Å². The van der Waals surface area contributed by atoms with E-state index in [9.17, 15) is 4.79 Å². The Bertz CT molecular complexity index is 1030. The van der Waals surface area contributed by atoms with Crippen molar-refractivity contribution in [3.8, 4) is 0 Å². The Morgan fingerprint density at radius 1 is 1.04 bits per heavy atom. The Balaban J connectivity index is 1.65. The molecule has 0 unspecified atom stereocenters. The summed E-state index contributed by atoms with van der Waals surface area (Å²) in [5, 5.41) is 2.98. The van der Waals surface area contributed by atoms with Gasteiger partial charge in [0.15, 0.2) is 0 Å². The van der Waals surface area contributed by atoms with Crippen molar-refractivity contribution in [1.29, 1.82) is 0 Å². The Morgan fingerprint density at radius 2 is 1.85 bits per heavy atom. The topological polar surface area (TPSA) is 58.1 Å². The van der Waals surface area contributed by atoms with E-state index in [1.165, 1.54) is 5.56 Å². The van der Waals surface area contributed by atoms with E-state index in [0.29, 0.717) is 11.6 Å². The summed E-state index contributed by atoms with van der Waals surface area (Å²) in [5.41, 5.74) is 6.56. The quantitative estimate of drug-likeness (QED) is 0.756. The molecule has 0 bridgehead atoms. The van der Waals surface area contributed by atoms with E-state index in [2.05, 4.69) is 32.3 Å². The minimum atomic E-state index is -0.220. The van der Waals surface area contributed by atoms with Crippen LogP contribution in [0, 0.1) is 20.8 Å². The molecule has 0 atom stereocenters. The number of fused-ring (bicyclic) bond motifs is 1. The third-order valence-corrected chi connectivity index (χ3v) is 5.06. The summed E-state index contributed by atoms with van der Waals surface area (Å²) < 4.78 is 0. The molecule has 1 N–H and O–H groups in total. The van der Waals surface area contributed by atoms with Crippen LogP contribution in [0.3, 0.4) is 0 Å². The van der Waals surface area contributed by atoms with Crippen molar-refractivity contribution >= 4 is 23.2 Å². The van der Waals surface area contributed by atoms with Crippen LogP contribution in [0.1, 0.15) is 32.9 Å². The molecule has 0 saturated carbocycles. The lowest BCUT2D eigenvalue weighted by atomic mass is 10.1. The highest BCUT2D eigenvalue weighted by Crippen LogP contribution is 2.32. The first-order valence-corrected chi connectivity index (χ1v) is 9.11. The Kier molecular flexibility index (Phi) is 4.36. The van der Waals surface area contributed by atoms with Gasteiger partial charge in [-0.3, -0.25) is 4.79 Å². The lowest BCUT2D eigenvalue weighted by Crippen LogP contribution is -2.21. The van der Waals surface area contributed by atoms with E-state index in [0.717, 1.165) is 41.2 Å². The fourth-order valence-electron chi connectivity index (χ4n) is 3.41. The van der Waals surface area contributed by atoms with Crippen LogP contribution in [-0.2, 0) is 6.42 Å². The first kappa shape index (κ1) is 17.2. The number of benzene rings is 2. The van der Waals surface area contributed by atoms with E-state index in [1.807, 2.05) is 51.1 Å². The molecular formula is C22H22N4O. The third-order valence-electron chi connectivity index (χ3n) is 5.06. The molecule has 0 radical (unpaired) electrons. The van der Waals surface area contributed by atoms with Gasteiger partial charge >= 0.3 is 0 Å². The molecule has 5 nitrogen and oxygen atoms in total. The Morgan fingerprint density at radius 3 is 2.70 bits per heavy atom. The van der Waals surface area contributed by atoms with Crippen molar-refractivity contribution in [2.45, 2.75) is 27.2 Å². The van der Waals surface area contributed by atoms with Crippen molar-refractivity contribution in [2.24, 2.45) is 0 Å². The fourth-order valence-corrected chi connectivity index (χ4v) is 3.41. The highest BCUT2D eigenvalue weighted by atomic mass is 16.1. The van der Waals surface area contributed by atoms with Crippen molar-refractivity contribution in [3.63, 3.8) is 0 Å². The molecule has 0 aliphatic carbocycles. The smallest absolute Gasteiger partial charge is 0.274 e. The maximum Gasteiger partial charge on any atom is 0.274 e. The minimum absolute atomic E-state index is 0.220. The summed E-state index contributed by atoms with van der Waals surface area (Å²) in [7, 11) is 0. The number of carbonyl (C=O) groups excluding carboxylic acids is 1. The predicted octanol–water partition coefficient (Wildman–Crippen LogP) is 4.35. The summed E-state index contributed by atoms with van der Waals surface area (Å²) in [6.45, 7) is 6.74. The molecule has 3 aromatic rings. The summed E-state index contributed by atoms with van der Waals surface area (Å²) in [5.74, 6) is 0.356. The third kappa shape index (κ3) is 3.28. The van der Waals surface area contributed by atoms with E-state index in [4.69, 9.17) is 0 Å². The summed E-state index contributed by atoms with van der Waals surface area (Å²) in [6.07, 6.45) is 0.956. The lowest BCUT2D eigenvalue weighted by Gasteiger charge is -2.18. The fraction of sp³-hybridized carbons (Fsp3) is 0.227. The number of rotatable bonds is 3. The Hall–Kier alpha value is -3.21. The van der Waals surface area contributed by atoms with Gasteiger partial charge in [-0.2, -0.15) is 0 Å². The molecule has 1 amide bonds. The molecular weight excluding hydrogens is 336 g/mol. The average Bonchev–Trinajstić information content (AvgIpc) is 3.09. The number of carbonyl (C=O) groups is 1. The molecule has 2 heterocycles. The van der Waals surface area contributed by atoms with Gasteiger partial charge in [-0.1, -0.05) is 30.3 Å². The molecule has 27 heavy (non-hydrogen) atoms. The molecule has 1 aromatic heterocycles. The van der Waals surface area contributed by atoms with Gasteiger partial charge in [0.25, 0.3) is 5.91 Å². The van der Waals surface area contributed by atoms with Gasteiger partial charge in [-0.25, -0.2) is 9.97 Å². The minimum Gasteiger partial charge on any atom is -0.320 e. The highest BCUT2D eigenvalue weighted by Gasteiger charge is 2.23. The van der Waals surface area contributed by atoms with E-state index >= 15 is 0 Å². The van der Waals surface area contributed by atoms with E-state index in [-0.39, 0.29) is 5.91 Å². The van der Waals surface area contributed by atoms with Crippen LogP contribution in [0.4, 0.5) is 17.3 Å². The van der Waals surface area contributed by atoms with Crippen LogP contribution < -0.4 is 10.2 Å². The number of anilines is 3. The Labute approximate surface area is 159 Å². The SMILES string of the molecule is Cc1cc(C(=O)Nc2cccc(C)c2C)nc(N2CCc3ccccc32)n1. The molecule has 1 aliphatic rings. The maximum atomic E-state index is 12.8. The molecule has 0 saturated heterocycles. The second-order valence-electron chi connectivity index (χ2n) is 6.93. The van der Waals surface area contributed by atoms with Gasteiger partial charge < -0.3 is 10.2 Å². The normalized spacial score (nSPS) is 12.8. The molecule has 136 valence electrons. The van der Waals surface area contributed by atoms with Gasteiger partial charge in [-0.05, 0) is 62.1 Å². The average molecular weight is 358 g/mol. The van der Waals surface area contributed by atoms with Crippen LogP contribution in [0.15, 0.2) is 48.5 Å². The first-order chi connectivity index (χ1) is 13.0. The summed E-state index contributed by atoms with van der Waals surface area (Å²) in [6, 6.07) is 15.9. The summed E-state index contributed by atoms with van der Waals surface area (Å²) in [4.78, 5) is 24.0. The maximum absolute atomic E-state index is 12.8. The number of para-hydroxylation sites is 1. The van der Waals surface area contributed by atoms with Crippen molar-refractivity contribution in [3.05, 3.63) is 76.6 Å². The zero-order valence-corrected chi connectivity index (χ0v) is 15.8. The van der Waals surface area contributed by atoms with Gasteiger partial charge in [-0.15, -0.1) is 0 Å². The van der Waals surface area contributed by atoms with Crippen LogP contribution >= 0.6 is 0 Å². The van der Waals surface area contributed by atoms with E-state index < -0.39 is 0 Å². The highest BCUT2D eigenvalue weighted by molar-refractivity contribution is 6.03. The zero-order valence-electron chi connectivity index (χ0n) is 15.8. The van der Waals surface area contributed by atoms with Gasteiger partial charge in [0.1, 0.15) is 5.69 Å². The van der Waals surface area contributed by atoms with Crippen LogP contribution in [0.2, 0.25) is 0 Å². The number of aromatic nitrogens is 2. The van der Waals surface area contributed by atoms with Gasteiger partial charge in [0.05, 0.1) is 0 Å². The number of hydrogen-bond acceptors (Lipinski definition) is 4. The zero-order chi connectivity index (χ0) is 19.0. The first-order valence-electron chi connectivity index (χ1n) is 9.11. The van der Waals surface area contributed by atoms with Gasteiger partial charge in [0.2, 0.25) is 5.95 Å². The largest absolute Gasteiger partial charge is 0.320 e. The second-order valence-corrected chi connectivity index (χ2v) is 6.93. The number of aryl methyl sites for hydroxylation is 2. The summed E-state index contributed by atoms with van der Waals surface area (Å²) >= 11 is 0. The van der Waals surface area contributed by atoms with E-state index in [1.54, 1.807) is 6.07 Å². The predicted molar refractivity (Wildman–Crippen MR) is 108 cm³/mol. The molecule has 4 rings (SSSR count). The number of nitrogens with one attached hydrogen (secondary N) is 1.